The van der Waals surface area contributed by atoms with E-state index in [2.05, 4.69) is 6.92 Å². The maximum atomic E-state index is 12.0. The first-order valence-electron chi connectivity index (χ1n) is 9.17. The number of aliphatic hydroxyl groups is 3. The van der Waals surface area contributed by atoms with E-state index in [-0.39, 0.29) is 24.4 Å². The zero-order valence-corrected chi connectivity index (χ0v) is 15.7. The van der Waals surface area contributed by atoms with Crippen molar-refractivity contribution in [2.45, 2.75) is 56.8 Å². The first kappa shape index (κ1) is 20.5. The molecule has 1 saturated heterocycles. The molecule has 3 aliphatic rings. The third-order valence-corrected chi connectivity index (χ3v) is 5.79. The summed E-state index contributed by atoms with van der Waals surface area (Å²) in [7, 11) is 2.77. The number of esters is 1. The predicted octanol–water partition coefficient (Wildman–Crippen LogP) is -0.467. The highest BCUT2D eigenvalue weighted by molar-refractivity contribution is 5.89. The van der Waals surface area contributed by atoms with Crippen LogP contribution in [-0.2, 0) is 28.5 Å². The van der Waals surface area contributed by atoms with E-state index in [0.717, 1.165) is 12.8 Å². The Morgan fingerprint density at radius 1 is 1.15 bits per heavy atom. The fraction of sp³-hybridized carbons (Fsp3) is 0.833. The largest absolute Gasteiger partial charge is 0.472 e. The van der Waals surface area contributed by atoms with Crippen molar-refractivity contribution in [2.75, 3.05) is 20.8 Å². The van der Waals surface area contributed by atoms with Gasteiger partial charge < -0.3 is 39.0 Å². The minimum absolute atomic E-state index is 0.0329. The fourth-order valence-corrected chi connectivity index (χ4v) is 4.27. The van der Waals surface area contributed by atoms with Crippen molar-refractivity contribution in [3.63, 3.8) is 0 Å². The summed E-state index contributed by atoms with van der Waals surface area (Å²) in [6, 6.07) is 0. The Kier molecular flexibility index (Phi) is 6.39. The summed E-state index contributed by atoms with van der Waals surface area (Å²) in [5.74, 6) is -0.397. The second-order valence-electron chi connectivity index (χ2n) is 7.41. The zero-order valence-electron chi connectivity index (χ0n) is 15.7. The van der Waals surface area contributed by atoms with Crippen LogP contribution in [0.25, 0.3) is 0 Å². The molecule has 9 heteroatoms. The van der Waals surface area contributed by atoms with E-state index in [0.29, 0.717) is 5.57 Å². The molecule has 1 saturated carbocycles. The molecule has 2 heterocycles. The van der Waals surface area contributed by atoms with Crippen LogP contribution in [0.15, 0.2) is 11.8 Å². The van der Waals surface area contributed by atoms with Gasteiger partial charge in [0.15, 0.2) is 6.29 Å². The molecule has 2 aliphatic heterocycles. The summed E-state index contributed by atoms with van der Waals surface area (Å²) in [5.41, 5.74) is 0.476. The number of methoxy groups -OCH3 is 2. The molecule has 3 N–H and O–H groups in total. The number of ether oxygens (including phenoxy) is 5. The van der Waals surface area contributed by atoms with Gasteiger partial charge in [-0.1, -0.05) is 6.92 Å². The Hall–Kier alpha value is -1.23. The molecule has 0 bridgehead atoms. The molecule has 9 nitrogen and oxygen atoms in total. The van der Waals surface area contributed by atoms with Gasteiger partial charge in [0.2, 0.25) is 6.29 Å². The molecule has 0 spiro atoms. The summed E-state index contributed by atoms with van der Waals surface area (Å²) in [6.45, 7) is 2.08. The van der Waals surface area contributed by atoms with Gasteiger partial charge in [0.25, 0.3) is 0 Å². The van der Waals surface area contributed by atoms with Crippen LogP contribution >= 0.6 is 0 Å². The Balaban J connectivity index is 1.76. The molecule has 2 fully saturated rings. The van der Waals surface area contributed by atoms with E-state index < -0.39 is 43.0 Å². The standard InChI is InChI=1S/C18H28O9/c1-8-4-5-9-10(16(22)24-3)6-25-17(12(8)9)27-18-15(21)14(20)13(19)11(26-18)7-23-2/h6,8-9,11-15,17-21H,4-5,7H2,1-3H3/t8-,9-,11+,12-,13+,14-,15+,17+,18-/m0/s1. The van der Waals surface area contributed by atoms with Gasteiger partial charge in [0.1, 0.15) is 24.4 Å². The average Bonchev–Trinajstić information content (AvgIpc) is 3.05. The second kappa shape index (κ2) is 8.42. The third-order valence-electron chi connectivity index (χ3n) is 5.79. The minimum atomic E-state index is -1.45. The second-order valence-corrected chi connectivity index (χ2v) is 7.41. The smallest absolute Gasteiger partial charge is 0.337 e. The van der Waals surface area contributed by atoms with E-state index in [9.17, 15) is 20.1 Å². The van der Waals surface area contributed by atoms with Crippen molar-refractivity contribution in [2.24, 2.45) is 17.8 Å². The van der Waals surface area contributed by atoms with Crippen LogP contribution in [0.5, 0.6) is 0 Å². The number of hydrogen-bond acceptors (Lipinski definition) is 9. The van der Waals surface area contributed by atoms with E-state index in [4.69, 9.17) is 23.7 Å². The average molecular weight is 388 g/mol. The number of rotatable bonds is 5. The Morgan fingerprint density at radius 2 is 1.89 bits per heavy atom. The fourth-order valence-electron chi connectivity index (χ4n) is 4.27. The maximum Gasteiger partial charge on any atom is 0.337 e. The summed E-state index contributed by atoms with van der Waals surface area (Å²) in [6.07, 6.45) is -3.93. The van der Waals surface area contributed by atoms with Gasteiger partial charge >= 0.3 is 5.97 Å². The van der Waals surface area contributed by atoms with Gasteiger partial charge in [-0.05, 0) is 18.8 Å². The van der Waals surface area contributed by atoms with Crippen molar-refractivity contribution in [1.29, 1.82) is 0 Å². The third kappa shape index (κ3) is 3.85. The van der Waals surface area contributed by atoms with Gasteiger partial charge in [-0.25, -0.2) is 4.79 Å². The van der Waals surface area contributed by atoms with Gasteiger partial charge in [0.05, 0.1) is 25.6 Å². The van der Waals surface area contributed by atoms with Crippen LogP contribution in [0.4, 0.5) is 0 Å². The van der Waals surface area contributed by atoms with Crippen LogP contribution < -0.4 is 0 Å². The predicted molar refractivity (Wildman–Crippen MR) is 90.0 cm³/mol. The van der Waals surface area contributed by atoms with Crippen LogP contribution in [0, 0.1) is 17.8 Å². The molecule has 1 aliphatic carbocycles. The number of aliphatic hydroxyl groups excluding tert-OH is 3. The first-order chi connectivity index (χ1) is 12.9. The molecule has 0 radical (unpaired) electrons. The van der Waals surface area contributed by atoms with Crippen molar-refractivity contribution >= 4 is 5.97 Å². The number of hydrogen-bond donors (Lipinski definition) is 3. The molecule has 0 aromatic carbocycles. The summed E-state index contributed by atoms with van der Waals surface area (Å²) in [5, 5.41) is 30.4. The van der Waals surface area contributed by atoms with Crippen LogP contribution in [0.2, 0.25) is 0 Å². The van der Waals surface area contributed by atoms with Gasteiger partial charge in [-0.3, -0.25) is 0 Å². The highest BCUT2D eigenvalue weighted by Crippen LogP contribution is 2.47. The number of fused-ring (bicyclic) bond motifs is 1. The van der Waals surface area contributed by atoms with Crippen molar-refractivity contribution in [3.05, 3.63) is 11.8 Å². The van der Waals surface area contributed by atoms with Crippen molar-refractivity contribution < 1.29 is 43.8 Å². The molecule has 9 atom stereocenters. The topological polar surface area (TPSA) is 124 Å². The van der Waals surface area contributed by atoms with Crippen molar-refractivity contribution in [1.82, 2.24) is 0 Å². The van der Waals surface area contributed by atoms with Gasteiger partial charge in [-0.15, -0.1) is 0 Å². The summed E-state index contributed by atoms with van der Waals surface area (Å²) < 4.78 is 26.9. The van der Waals surface area contributed by atoms with Crippen LogP contribution in [-0.4, -0.2) is 79.1 Å². The van der Waals surface area contributed by atoms with Crippen molar-refractivity contribution in [3.8, 4) is 0 Å². The van der Waals surface area contributed by atoms with E-state index in [1.807, 2.05) is 0 Å². The highest BCUT2D eigenvalue weighted by atomic mass is 16.8. The Labute approximate surface area is 157 Å². The molecule has 27 heavy (non-hydrogen) atoms. The summed E-state index contributed by atoms with van der Waals surface area (Å²) in [4.78, 5) is 12.0. The van der Waals surface area contributed by atoms with E-state index in [1.165, 1.54) is 20.5 Å². The quantitative estimate of drug-likeness (QED) is 0.536. The molecular weight excluding hydrogens is 360 g/mol. The number of carbonyl (C=O) groups is 1. The lowest BCUT2D eigenvalue weighted by Crippen LogP contribution is -2.60. The van der Waals surface area contributed by atoms with E-state index in [1.54, 1.807) is 0 Å². The molecule has 0 amide bonds. The lowest BCUT2D eigenvalue weighted by molar-refractivity contribution is -0.343. The molecule has 0 aromatic heterocycles. The normalized spacial score (nSPS) is 44.2. The van der Waals surface area contributed by atoms with Crippen LogP contribution in [0.1, 0.15) is 19.8 Å². The number of carbonyl (C=O) groups excluding carboxylic acids is 1. The van der Waals surface area contributed by atoms with Gasteiger partial charge in [0, 0.05) is 18.9 Å². The maximum absolute atomic E-state index is 12.0. The summed E-state index contributed by atoms with van der Waals surface area (Å²) >= 11 is 0. The Morgan fingerprint density at radius 3 is 2.56 bits per heavy atom. The monoisotopic (exact) mass is 388 g/mol. The Bertz CT molecular complexity index is 565. The molecule has 3 rings (SSSR count). The SMILES string of the molecule is COC[C@H]1O[C@@H](O[C@H]2OC=C(C(=O)OC)[C@@H]3CC[C@H](C)[C@H]23)[C@H](O)[C@@H](O)[C@@H]1O. The lowest BCUT2D eigenvalue weighted by Gasteiger charge is -2.43. The van der Waals surface area contributed by atoms with Gasteiger partial charge in [-0.2, -0.15) is 0 Å². The zero-order chi connectivity index (χ0) is 19.7. The minimum Gasteiger partial charge on any atom is -0.472 e. The molecular formula is C18H28O9. The lowest BCUT2D eigenvalue weighted by atomic mass is 9.83. The first-order valence-corrected chi connectivity index (χ1v) is 9.17. The molecule has 154 valence electrons. The van der Waals surface area contributed by atoms with E-state index >= 15 is 0 Å². The molecule has 0 unspecified atom stereocenters. The molecule has 0 aromatic rings. The highest BCUT2D eigenvalue weighted by Gasteiger charge is 2.50. The van der Waals surface area contributed by atoms with Crippen LogP contribution in [0.3, 0.4) is 0 Å².